The summed E-state index contributed by atoms with van der Waals surface area (Å²) in [7, 11) is 6.18. The first-order chi connectivity index (χ1) is 32.5. The van der Waals surface area contributed by atoms with Crippen LogP contribution in [-0.2, 0) is 41.3 Å². The van der Waals surface area contributed by atoms with Crippen molar-refractivity contribution in [2.75, 3.05) is 45.6 Å². The van der Waals surface area contributed by atoms with Gasteiger partial charge in [0.2, 0.25) is 6.54 Å². The third-order valence-corrected chi connectivity index (χ3v) is 11.5. The van der Waals surface area contributed by atoms with E-state index in [9.17, 15) is 9.59 Å². The van der Waals surface area contributed by atoms with Crippen molar-refractivity contribution in [3.63, 3.8) is 0 Å². The molecule has 0 aromatic carbocycles. The highest BCUT2D eigenvalue weighted by Crippen LogP contribution is 2.37. The van der Waals surface area contributed by atoms with Gasteiger partial charge in [-0.2, -0.15) is 10.2 Å². The first kappa shape index (κ1) is 52.6. The molecule has 4 aromatic rings. The number of hydrogen-bond acceptors (Lipinski definition) is 14. The van der Waals surface area contributed by atoms with Crippen LogP contribution in [0.15, 0.2) is 43.6 Å². The SMILES string of the molecule is [C-]#[N+]/C=C(/C1CCCC1)n1cc(-c2ncnc(NC(=O)OC(C)(C)C)c2CC(OC)OC)cn1.[C-]#[N+]C[C@H](C1CCCC1)n1cc(-c2ncnc(NC(=O)OC(C)(C)C)c2CC(OC)OC)cn1. The predicted molar refractivity (Wildman–Crippen MR) is 255 cm³/mol. The zero-order valence-corrected chi connectivity index (χ0v) is 40.9. The Labute approximate surface area is 399 Å². The van der Waals surface area contributed by atoms with Gasteiger partial charge in [0, 0.05) is 81.6 Å². The van der Waals surface area contributed by atoms with Crippen molar-refractivity contribution >= 4 is 29.5 Å². The van der Waals surface area contributed by atoms with E-state index in [0.29, 0.717) is 59.0 Å². The minimum Gasteiger partial charge on any atom is -0.444 e. The van der Waals surface area contributed by atoms with Crippen LogP contribution in [0.25, 0.3) is 37.9 Å². The van der Waals surface area contributed by atoms with Crippen molar-refractivity contribution in [3.05, 3.63) is 77.6 Å². The van der Waals surface area contributed by atoms with Gasteiger partial charge in [-0.05, 0) is 79.1 Å². The average Bonchev–Trinajstić information content (AvgIpc) is 4.15. The number of allylic oxidation sites excluding steroid dienone is 1. The number of amides is 2. The molecule has 4 heterocycles. The second-order valence-electron chi connectivity index (χ2n) is 18.6. The van der Waals surface area contributed by atoms with E-state index in [1.54, 1.807) is 93.3 Å². The maximum atomic E-state index is 12.5. The lowest BCUT2D eigenvalue weighted by Gasteiger charge is -2.21. The van der Waals surface area contributed by atoms with Crippen molar-refractivity contribution in [2.24, 2.45) is 11.8 Å². The van der Waals surface area contributed by atoms with Gasteiger partial charge in [0.1, 0.15) is 41.5 Å². The molecule has 2 amide bonds. The van der Waals surface area contributed by atoms with Crippen LogP contribution < -0.4 is 10.6 Å². The zero-order valence-electron chi connectivity index (χ0n) is 40.9. The van der Waals surface area contributed by atoms with E-state index in [0.717, 1.165) is 55.3 Å². The minimum absolute atomic E-state index is 0.0316. The summed E-state index contributed by atoms with van der Waals surface area (Å²) in [6.07, 6.45) is 18.8. The molecule has 20 heteroatoms. The third kappa shape index (κ3) is 14.8. The van der Waals surface area contributed by atoms with E-state index in [4.69, 9.17) is 41.6 Å². The van der Waals surface area contributed by atoms with Gasteiger partial charge in [-0.1, -0.05) is 25.7 Å². The number of methoxy groups -OCH3 is 4. The standard InChI is InChI=1S/C24H34N6O4.C24H32N6O4/c2*1-24(2,3)34-23(31)29-22-18(11-20(32-5)33-6)21(26-15-27-22)17-12-28-30(14-17)19(13-25-4)16-9-7-8-10-16/h12,14-16,19-20H,7-11,13H2,1-3,5-6H3,(H,26,27,29,31);12-16,20H,7-11H2,1-3,5-6H3,(H,26,27,29,31)/b;19-13-/t19-;/m1./s1. The first-order valence-electron chi connectivity index (χ1n) is 22.8. The van der Waals surface area contributed by atoms with E-state index >= 15 is 0 Å². The molecular weight excluding hydrogens is 873 g/mol. The Morgan fingerprint density at radius 1 is 0.721 bits per heavy atom. The first-order valence-corrected chi connectivity index (χ1v) is 22.8. The minimum atomic E-state index is -0.658. The number of rotatable bonds is 17. The van der Waals surface area contributed by atoms with Crippen molar-refractivity contribution in [1.29, 1.82) is 0 Å². The molecule has 0 spiro atoms. The third-order valence-electron chi connectivity index (χ3n) is 11.5. The number of hydrogen-bond donors (Lipinski definition) is 2. The summed E-state index contributed by atoms with van der Waals surface area (Å²) in [4.78, 5) is 49.6. The van der Waals surface area contributed by atoms with Gasteiger partial charge in [-0.15, -0.1) is 0 Å². The van der Waals surface area contributed by atoms with Crippen LogP contribution in [-0.4, -0.2) is 110 Å². The fourth-order valence-electron chi connectivity index (χ4n) is 8.34. The van der Waals surface area contributed by atoms with Gasteiger partial charge in [-0.25, -0.2) is 40.9 Å². The van der Waals surface area contributed by atoms with E-state index in [1.165, 1.54) is 25.5 Å². The van der Waals surface area contributed by atoms with Crippen LogP contribution in [0.5, 0.6) is 0 Å². The highest BCUT2D eigenvalue weighted by molar-refractivity contribution is 5.87. The Hall–Kier alpha value is -6.32. The zero-order chi connectivity index (χ0) is 49.4. The quantitative estimate of drug-likeness (QED) is 0.0747. The number of carbonyl (C=O) groups is 2. The molecule has 1 atom stereocenters. The van der Waals surface area contributed by atoms with Gasteiger partial charge in [0.25, 0.3) is 0 Å². The number of ether oxygens (including phenoxy) is 6. The van der Waals surface area contributed by atoms with Crippen molar-refractivity contribution in [2.45, 2.75) is 136 Å². The molecule has 0 aliphatic heterocycles. The van der Waals surface area contributed by atoms with Crippen LogP contribution in [0.2, 0.25) is 0 Å². The lowest BCUT2D eigenvalue weighted by molar-refractivity contribution is -0.100. The van der Waals surface area contributed by atoms with Crippen molar-refractivity contribution in [3.8, 4) is 22.5 Å². The molecule has 2 aliphatic rings. The molecule has 366 valence electrons. The second kappa shape index (κ2) is 24.6. The summed E-state index contributed by atoms with van der Waals surface area (Å²) in [6, 6.07) is 0.0316. The summed E-state index contributed by atoms with van der Waals surface area (Å²) >= 11 is 0. The molecule has 20 nitrogen and oxygen atoms in total. The number of nitrogens with zero attached hydrogens (tertiary/aromatic N) is 10. The van der Waals surface area contributed by atoms with Crippen LogP contribution in [0.1, 0.15) is 110 Å². The van der Waals surface area contributed by atoms with E-state index in [-0.39, 0.29) is 12.5 Å². The molecule has 0 radical (unpaired) electrons. The molecule has 6 rings (SSSR count). The predicted octanol–water partition coefficient (Wildman–Crippen LogP) is 9.26. The van der Waals surface area contributed by atoms with Gasteiger partial charge >= 0.3 is 12.2 Å². The molecule has 68 heavy (non-hydrogen) atoms. The largest absolute Gasteiger partial charge is 0.444 e. The fourth-order valence-corrected chi connectivity index (χ4v) is 8.34. The maximum absolute atomic E-state index is 12.5. The Morgan fingerprint density at radius 2 is 1.19 bits per heavy atom. The summed E-state index contributed by atoms with van der Waals surface area (Å²) in [5.41, 5.74) is 3.53. The van der Waals surface area contributed by atoms with Crippen LogP contribution in [0.4, 0.5) is 21.2 Å². The monoisotopic (exact) mass is 939 g/mol. The molecular formula is C48H66N12O8. The Bertz CT molecular complexity index is 2390. The average molecular weight is 939 g/mol. The molecule has 0 saturated heterocycles. The van der Waals surface area contributed by atoms with Gasteiger partial charge in [0.15, 0.2) is 18.8 Å². The second-order valence-corrected chi connectivity index (χ2v) is 18.6. The summed E-state index contributed by atoms with van der Waals surface area (Å²) in [5, 5.41) is 14.6. The maximum Gasteiger partial charge on any atom is 0.413 e. The number of aromatic nitrogens is 8. The molecule has 2 saturated carbocycles. The van der Waals surface area contributed by atoms with Gasteiger partial charge in [0.05, 0.1) is 30.4 Å². The summed E-state index contributed by atoms with van der Waals surface area (Å²) in [5.74, 6) is 1.38. The number of anilines is 2. The molecule has 0 unspecified atom stereocenters. The van der Waals surface area contributed by atoms with Crippen LogP contribution in [0, 0.1) is 25.0 Å². The summed E-state index contributed by atoms with van der Waals surface area (Å²) in [6.45, 7) is 25.9. The van der Waals surface area contributed by atoms with Gasteiger partial charge < -0.3 is 33.3 Å². The summed E-state index contributed by atoms with van der Waals surface area (Å²) < 4.78 is 36.0. The van der Waals surface area contributed by atoms with Crippen molar-refractivity contribution < 1.29 is 38.0 Å². The normalized spacial score (nSPS) is 15.1. The van der Waals surface area contributed by atoms with E-state index < -0.39 is 36.0 Å². The van der Waals surface area contributed by atoms with E-state index in [1.807, 2.05) is 17.1 Å². The Kier molecular flexibility index (Phi) is 19.1. The Balaban J connectivity index is 0.000000254. The lowest BCUT2D eigenvalue weighted by Crippen LogP contribution is -2.28. The molecule has 2 aliphatic carbocycles. The number of carbonyl (C=O) groups excluding carboxylic acids is 2. The number of nitrogens with one attached hydrogen (secondary N) is 2. The molecule has 4 aromatic heterocycles. The highest BCUT2D eigenvalue weighted by Gasteiger charge is 2.31. The van der Waals surface area contributed by atoms with Crippen molar-refractivity contribution in [1.82, 2.24) is 39.5 Å². The van der Waals surface area contributed by atoms with Gasteiger partial charge in [-0.3, -0.25) is 20.0 Å². The van der Waals surface area contributed by atoms with Crippen LogP contribution >= 0.6 is 0 Å². The fraction of sp³-hybridized carbons (Fsp3) is 0.583. The van der Waals surface area contributed by atoms with Crippen LogP contribution in [0.3, 0.4) is 0 Å². The Morgan fingerprint density at radius 3 is 1.65 bits per heavy atom. The molecule has 2 fully saturated rings. The lowest BCUT2D eigenvalue weighted by atomic mass is 9.98. The smallest absolute Gasteiger partial charge is 0.413 e. The highest BCUT2D eigenvalue weighted by atomic mass is 16.7. The topological polar surface area (TPSA) is 210 Å². The molecule has 0 bridgehead atoms. The van der Waals surface area contributed by atoms with E-state index in [2.05, 4.69) is 50.5 Å². The molecule has 2 N–H and O–H groups in total.